The largest absolute Gasteiger partial charge is 0.379 e. The third kappa shape index (κ3) is 4.40. The van der Waals surface area contributed by atoms with E-state index in [-0.39, 0.29) is 5.91 Å². The first kappa shape index (κ1) is 22.1. The number of anilines is 1. The number of fused-ring (bicyclic) bond motifs is 2. The van der Waals surface area contributed by atoms with Gasteiger partial charge in [-0.15, -0.1) is 23.1 Å². The number of rotatable bonds is 6. The van der Waals surface area contributed by atoms with Gasteiger partial charge in [0.05, 0.1) is 28.5 Å². The Kier molecular flexibility index (Phi) is 6.69. The summed E-state index contributed by atoms with van der Waals surface area (Å²) in [5, 5.41) is 2.16. The van der Waals surface area contributed by atoms with Gasteiger partial charge < -0.3 is 4.74 Å². The summed E-state index contributed by atoms with van der Waals surface area (Å²) in [5.41, 5.74) is 0.911. The molecule has 0 radical (unpaired) electrons. The Balaban J connectivity index is 1.51. The summed E-state index contributed by atoms with van der Waals surface area (Å²) < 4.78 is 7.57. The predicted octanol–water partition coefficient (Wildman–Crippen LogP) is 5.87. The van der Waals surface area contributed by atoms with Gasteiger partial charge in [-0.05, 0) is 30.5 Å². The maximum atomic E-state index is 13.8. The Bertz CT molecular complexity index is 1270. The molecule has 0 bridgehead atoms. The molecule has 0 saturated carbocycles. The lowest BCUT2D eigenvalue weighted by atomic mass is 10.2. The molecule has 1 fully saturated rings. The summed E-state index contributed by atoms with van der Waals surface area (Å²) in [6.45, 7) is 4.54. The maximum absolute atomic E-state index is 13.8. The fourth-order valence-corrected chi connectivity index (χ4v) is 6.76. The number of carbonyl (C=O) groups excluding carboxylic acids is 1. The van der Waals surface area contributed by atoms with Crippen LogP contribution in [0.25, 0.3) is 20.3 Å². The summed E-state index contributed by atoms with van der Waals surface area (Å²) in [6.07, 6.45) is 2.06. The zero-order valence-electron chi connectivity index (χ0n) is 17.5. The van der Waals surface area contributed by atoms with Gasteiger partial charge in [-0.25, -0.2) is 4.98 Å². The molecule has 0 spiro atoms. The summed E-state index contributed by atoms with van der Waals surface area (Å²) >= 11 is 11.4. The minimum atomic E-state index is -0.0893. The number of thiazole rings is 1. The lowest BCUT2D eigenvalue weighted by Gasteiger charge is -2.29. The molecule has 1 aliphatic heterocycles. The van der Waals surface area contributed by atoms with Gasteiger partial charge in [0.15, 0.2) is 5.13 Å². The molecule has 166 valence electrons. The van der Waals surface area contributed by atoms with Crippen molar-refractivity contribution in [3.05, 3.63) is 52.4 Å². The normalized spacial score (nSPS) is 14.9. The number of carbonyl (C=O) groups is 1. The quantitative estimate of drug-likeness (QED) is 0.308. The number of nitrogens with zero attached hydrogens (tertiary/aromatic N) is 3. The van der Waals surface area contributed by atoms with Crippen LogP contribution in [0.15, 0.2) is 47.4 Å². The van der Waals surface area contributed by atoms with Crippen LogP contribution in [0.4, 0.5) is 5.13 Å². The van der Waals surface area contributed by atoms with Gasteiger partial charge in [-0.2, -0.15) is 0 Å². The van der Waals surface area contributed by atoms with E-state index in [4.69, 9.17) is 21.3 Å². The molecule has 1 amide bonds. The Morgan fingerprint density at radius 1 is 1.19 bits per heavy atom. The van der Waals surface area contributed by atoms with E-state index in [0.717, 1.165) is 53.2 Å². The van der Waals surface area contributed by atoms with Gasteiger partial charge in [0, 0.05) is 41.2 Å². The van der Waals surface area contributed by atoms with Crippen molar-refractivity contribution < 1.29 is 9.53 Å². The highest BCUT2D eigenvalue weighted by Crippen LogP contribution is 2.38. The van der Waals surface area contributed by atoms with Crippen LogP contribution in [0, 0.1) is 0 Å². The molecule has 1 aliphatic rings. The maximum Gasteiger partial charge on any atom is 0.271 e. The first-order valence-electron chi connectivity index (χ1n) is 10.4. The molecule has 0 atom stereocenters. The molecule has 32 heavy (non-hydrogen) atoms. The van der Waals surface area contributed by atoms with Crippen molar-refractivity contribution in [1.82, 2.24) is 9.88 Å². The van der Waals surface area contributed by atoms with Gasteiger partial charge >= 0.3 is 0 Å². The molecule has 0 unspecified atom stereocenters. The van der Waals surface area contributed by atoms with Crippen LogP contribution < -0.4 is 4.90 Å². The van der Waals surface area contributed by atoms with Crippen LogP contribution in [-0.4, -0.2) is 61.4 Å². The Hall–Kier alpha value is -1.68. The minimum absolute atomic E-state index is 0.0893. The van der Waals surface area contributed by atoms with Crippen molar-refractivity contribution in [3.8, 4) is 0 Å². The Morgan fingerprint density at radius 3 is 2.78 bits per heavy atom. The van der Waals surface area contributed by atoms with Crippen molar-refractivity contribution >= 4 is 77.4 Å². The number of hydrogen-bond acceptors (Lipinski definition) is 7. The average Bonchev–Trinajstić information content (AvgIpc) is 3.40. The first-order chi connectivity index (χ1) is 15.6. The highest BCUT2D eigenvalue weighted by Gasteiger charge is 2.27. The average molecular weight is 504 g/mol. The number of hydrogen-bond donors (Lipinski definition) is 0. The highest BCUT2D eigenvalue weighted by molar-refractivity contribution is 7.98. The molecule has 5 nitrogen and oxygen atoms in total. The summed E-state index contributed by atoms with van der Waals surface area (Å²) in [5.74, 6) is -0.0893. The van der Waals surface area contributed by atoms with Gasteiger partial charge in [-0.3, -0.25) is 14.6 Å². The summed E-state index contributed by atoms with van der Waals surface area (Å²) in [4.78, 5) is 24.5. The second-order valence-corrected chi connectivity index (χ2v) is 10.8. The van der Waals surface area contributed by atoms with Crippen molar-refractivity contribution in [3.63, 3.8) is 0 Å². The number of halogens is 1. The van der Waals surface area contributed by atoms with Crippen LogP contribution >= 0.6 is 46.0 Å². The fourth-order valence-electron chi connectivity index (χ4n) is 3.76. The smallest absolute Gasteiger partial charge is 0.271 e. The Morgan fingerprint density at radius 2 is 2.00 bits per heavy atom. The van der Waals surface area contributed by atoms with Crippen LogP contribution in [0.5, 0.6) is 0 Å². The zero-order chi connectivity index (χ0) is 22.1. The highest BCUT2D eigenvalue weighted by atomic mass is 35.5. The minimum Gasteiger partial charge on any atom is -0.379 e. The van der Waals surface area contributed by atoms with E-state index in [9.17, 15) is 4.79 Å². The Labute approximate surface area is 203 Å². The molecule has 9 heteroatoms. The van der Waals surface area contributed by atoms with Gasteiger partial charge in [0.1, 0.15) is 4.88 Å². The molecular weight excluding hydrogens is 482 g/mol. The van der Waals surface area contributed by atoms with E-state index in [1.807, 2.05) is 30.3 Å². The van der Waals surface area contributed by atoms with E-state index < -0.39 is 0 Å². The van der Waals surface area contributed by atoms with E-state index in [2.05, 4.69) is 23.3 Å². The number of thioether (sulfide) groups is 1. The monoisotopic (exact) mass is 503 g/mol. The number of morpholine rings is 1. The van der Waals surface area contributed by atoms with Gasteiger partial charge in [-0.1, -0.05) is 41.1 Å². The molecule has 2 aromatic carbocycles. The molecule has 0 N–H and O–H groups in total. The van der Waals surface area contributed by atoms with Crippen molar-refractivity contribution in [1.29, 1.82) is 0 Å². The predicted molar refractivity (Wildman–Crippen MR) is 137 cm³/mol. The molecule has 2 aromatic heterocycles. The lowest BCUT2D eigenvalue weighted by Crippen LogP contribution is -2.43. The van der Waals surface area contributed by atoms with Crippen molar-refractivity contribution in [2.75, 3.05) is 50.5 Å². The van der Waals surface area contributed by atoms with Crippen LogP contribution in [0.3, 0.4) is 0 Å². The van der Waals surface area contributed by atoms with Crippen LogP contribution in [0.2, 0.25) is 5.02 Å². The number of aromatic nitrogens is 1. The van der Waals surface area contributed by atoms with Crippen LogP contribution in [-0.2, 0) is 4.74 Å². The van der Waals surface area contributed by atoms with Crippen molar-refractivity contribution in [2.45, 2.75) is 4.90 Å². The summed E-state index contributed by atoms with van der Waals surface area (Å²) in [6, 6.07) is 14.1. The van der Waals surface area contributed by atoms with Crippen LogP contribution in [0.1, 0.15) is 9.67 Å². The van der Waals surface area contributed by atoms with E-state index >= 15 is 0 Å². The fraction of sp³-hybridized carbons (Fsp3) is 0.304. The number of thiophene rings is 1. The summed E-state index contributed by atoms with van der Waals surface area (Å²) in [7, 11) is 0. The third-order valence-corrected chi connectivity index (χ3v) is 8.96. The zero-order valence-corrected chi connectivity index (χ0v) is 20.8. The number of ether oxygens (including phenoxy) is 1. The second-order valence-electron chi connectivity index (χ2n) is 7.48. The molecule has 0 aliphatic carbocycles. The molecule has 4 aromatic rings. The third-order valence-electron chi connectivity index (χ3n) is 5.53. The van der Waals surface area contributed by atoms with Gasteiger partial charge in [0.25, 0.3) is 5.91 Å². The lowest BCUT2D eigenvalue weighted by molar-refractivity contribution is 0.0391. The molecule has 5 rings (SSSR count). The van der Waals surface area contributed by atoms with Gasteiger partial charge in [0.2, 0.25) is 0 Å². The molecular formula is C23H22ClN3O2S3. The second kappa shape index (κ2) is 9.67. The molecule has 3 heterocycles. The standard InChI is InChI=1S/C23H22ClN3O2S3/c1-30-15-6-7-17-19(14-15)32-23(25-17)27(9-8-26-10-12-29-13-11-26)22(28)21-20(24)16-4-2-3-5-18(16)31-21/h2-7,14H,8-13H2,1H3. The SMILES string of the molecule is CSc1ccc2nc(N(CCN3CCOCC3)C(=O)c3sc4ccccc4c3Cl)sc2c1. The first-order valence-corrected chi connectivity index (χ1v) is 13.6. The number of amides is 1. The number of benzene rings is 2. The molecule has 1 saturated heterocycles. The van der Waals surface area contributed by atoms with Crippen molar-refractivity contribution in [2.24, 2.45) is 0 Å². The topological polar surface area (TPSA) is 45.7 Å². The van der Waals surface area contributed by atoms with E-state index in [1.54, 1.807) is 28.0 Å². The van der Waals surface area contributed by atoms with E-state index in [1.165, 1.54) is 16.2 Å². The van der Waals surface area contributed by atoms with E-state index in [0.29, 0.717) is 21.6 Å².